The van der Waals surface area contributed by atoms with Gasteiger partial charge in [0, 0.05) is 28.2 Å². The second-order valence-corrected chi connectivity index (χ2v) is 8.50. The first-order valence-electron chi connectivity index (χ1n) is 9.64. The smallest absolute Gasteiger partial charge is 0.271 e. The van der Waals surface area contributed by atoms with Crippen LogP contribution in [0.2, 0.25) is 0 Å². The van der Waals surface area contributed by atoms with Crippen LogP contribution in [0.15, 0.2) is 64.6 Å². The number of amides is 1. The van der Waals surface area contributed by atoms with Gasteiger partial charge in [-0.05, 0) is 75.4 Å². The van der Waals surface area contributed by atoms with Crippen molar-refractivity contribution in [1.82, 2.24) is 10.4 Å². The SMILES string of the molecule is CCOc1ccc(S(=O)(=O)Nc2ccc(C(=O)N/N=C/c3cc(C)[nH]c3C)cc2)cc1. The molecule has 0 fully saturated rings. The minimum absolute atomic E-state index is 0.113. The van der Waals surface area contributed by atoms with Gasteiger partial charge < -0.3 is 9.72 Å². The Morgan fingerprint density at radius 2 is 1.77 bits per heavy atom. The molecule has 0 aliphatic carbocycles. The number of aromatic amines is 1. The Morgan fingerprint density at radius 3 is 2.35 bits per heavy atom. The lowest BCUT2D eigenvalue weighted by Gasteiger charge is -2.09. The number of carbonyl (C=O) groups is 1. The number of nitrogens with one attached hydrogen (secondary N) is 3. The number of H-pyrrole nitrogens is 1. The lowest BCUT2D eigenvalue weighted by Crippen LogP contribution is -2.18. The zero-order valence-electron chi connectivity index (χ0n) is 17.5. The van der Waals surface area contributed by atoms with Crippen LogP contribution < -0.4 is 14.9 Å². The number of rotatable bonds is 8. The van der Waals surface area contributed by atoms with Crippen molar-refractivity contribution in [2.45, 2.75) is 25.7 Å². The van der Waals surface area contributed by atoms with Crippen LogP contribution in [0.25, 0.3) is 0 Å². The molecule has 9 heteroatoms. The molecule has 1 heterocycles. The number of anilines is 1. The second kappa shape index (κ2) is 9.48. The number of nitrogens with zero attached hydrogens (tertiary/aromatic N) is 1. The van der Waals surface area contributed by atoms with E-state index in [0.29, 0.717) is 23.6 Å². The zero-order valence-corrected chi connectivity index (χ0v) is 18.3. The van der Waals surface area contributed by atoms with Crippen molar-refractivity contribution < 1.29 is 17.9 Å². The van der Waals surface area contributed by atoms with E-state index in [4.69, 9.17) is 4.74 Å². The Labute approximate surface area is 181 Å². The van der Waals surface area contributed by atoms with Gasteiger partial charge in [0.1, 0.15) is 5.75 Å². The molecule has 1 aromatic heterocycles. The van der Waals surface area contributed by atoms with Gasteiger partial charge in [0.05, 0.1) is 17.7 Å². The fourth-order valence-electron chi connectivity index (χ4n) is 2.89. The lowest BCUT2D eigenvalue weighted by molar-refractivity contribution is 0.0955. The number of hydrazone groups is 1. The summed E-state index contributed by atoms with van der Waals surface area (Å²) >= 11 is 0. The Hall–Kier alpha value is -3.59. The summed E-state index contributed by atoms with van der Waals surface area (Å²) < 4.78 is 32.9. The maximum Gasteiger partial charge on any atom is 0.271 e. The van der Waals surface area contributed by atoms with Crippen LogP contribution in [0.4, 0.5) is 5.69 Å². The molecule has 0 radical (unpaired) electrons. The number of benzene rings is 2. The fourth-order valence-corrected chi connectivity index (χ4v) is 3.95. The highest BCUT2D eigenvalue weighted by atomic mass is 32.2. The van der Waals surface area contributed by atoms with Gasteiger partial charge in [0.15, 0.2) is 0 Å². The summed E-state index contributed by atoms with van der Waals surface area (Å²) in [5.74, 6) is 0.198. The largest absolute Gasteiger partial charge is 0.494 e. The van der Waals surface area contributed by atoms with Crippen LogP contribution in [0.5, 0.6) is 5.75 Å². The van der Waals surface area contributed by atoms with E-state index in [1.165, 1.54) is 36.4 Å². The van der Waals surface area contributed by atoms with Crippen LogP contribution in [-0.4, -0.2) is 32.1 Å². The van der Waals surface area contributed by atoms with E-state index in [2.05, 4.69) is 20.2 Å². The van der Waals surface area contributed by atoms with Crippen molar-refractivity contribution in [1.29, 1.82) is 0 Å². The van der Waals surface area contributed by atoms with Crippen molar-refractivity contribution >= 4 is 27.8 Å². The van der Waals surface area contributed by atoms with Gasteiger partial charge >= 0.3 is 0 Å². The molecule has 3 aromatic rings. The molecule has 0 aliphatic heterocycles. The Morgan fingerprint density at radius 1 is 1.10 bits per heavy atom. The predicted molar refractivity (Wildman–Crippen MR) is 120 cm³/mol. The molecule has 0 saturated carbocycles. The highest BCUT2D eigenvalue weighted by molar-refractivity contribution is 7.92. The molecule has 8 nitrogen and oxygen atoms in total. The normalized spacial score (nSPS) is 11.5. The van der Waals surface area contributed by atoms with Crippen LogP contribution >= 0.6 is 0 Å². The number of ether oxygens (including phenoxy) is 1. The molecule has 0 spiro atoms. The number of aryl methyl sites for hydroxylation is 2. The number of sulfonamides is 1. The van der Waals surface area contributed by atoms with Crippen molar-refractivity contribution in [2.75, 3.05) is 11.3 Å². The number of aromatic nitrogens is 1. The third kappa shape index (κ3) is 5.73. The molecule has 2 aromatic carbocycles. The first kappa shape index (κ1) is 22.1. The third-order valence-electron chi connectivity index (χ3n) is 4.40. The average molecular weight is 441 g/mol. The third-order valence-corrected chi connectivity index (χ3v) is 5.80. The topological polar surface area (TPSA) is 113 Å². The molecule has 0 aliphatic rings. The van der Waals surface area contributed by atoms with Crippen LogP contribution in [0.3, 0.4) is 0 Å². The molecule has 0 unspecified atom stereocenters. The van der Waals surface area contributed by atoms with Crippen LogP contribution in [-0.2, 0) is 10.0 Å². The summed E-state index contributed by atoms with van der Waals surface area (Å²) in [5, 5.41) is 3.97. The van der Waals surface area contributed by atoms with E-state index in [-0.39, 0.29) is 4.90 Å². The molecule has 3 rings (SSSR count). The van der Waals surface area contributed by atoms with Gasteiger partial charge in [0.25, 0.3) is 15.9 Å². The fraction of sp³-hybridized carbons (Fsp3) is 0.182. The molecule has 0 bridgehead atoms. The number of hydrogen-bond donors (Lipinski definition) is 3. The summed E-state index contributed by atoms with van der Waals surface area (Å²) in [5.41, 5.74) is 6.00. The average Bonchev–Trinajstić information content (AvgIpc) is 3.06. The van der Waals surface area contributed by atoms with E-state index in [0.717, 1.165) is 17.0 Å². The monoisotopic (exact) mass is 440 g/mol. The number of hydrogen-bond acceptors (Lipinski definition) is 5. The maximum absolute atomic E-state index is 12.5. The molecule has 31 heavy (non-hydrogen) atoms. The zero-order chi connectivity index (χ0) is 22.4. The molecular formula is C22H24N4O4S. The number of carbonyl (C=O) groups excluding carboxylic acids is 1. The van der Waals surface area contributed by atoms with Crippen molar-refractivity contribution in [2.24, 2.45) is 5.10 Å². The predicted octanol–water partition coefficient (Wildman–Crippen LogP) is 3.59. The molecular weight excluding hydrogens is 416 g/mol. The van der Waals surface area contributed by atoms with Crippen molar-refractivity contribution in [3.8, 4) is 5.75 Å². The van der Waals surface area contributed by atoms with Gasteiger partial charge in [-0.25, -0.2) is 13.8 Å². The Balaban J connectivity index is 1.62. The molecule has 1 amide bonds. The van der Waals surface area contributed by atoms with Gasteiger partial charge in [-0.2, -0.15) is 5.10 Å². The minimum Gasteiger partial charge on any atom is -0.494 e. The van der Waals surface area contributed by atoms with E-state index < -0.39 is 15.9 Å². The summed E-state index contributed by atoms with van der Waals surface area (Å²) in [6.45, 7) is 6.21. The van der Waals surface area contributed by atoms with E-state index in [1.807, 2.05) is 26.8 Å². The van der Waals surface area contributed by atoms with Crippen LogP contribution in [0.1, 0.15) is 34.2 Å². The summed E-state index contributed by atoms with van der Waals surface area (Å²) in [6, 6.07) is 14.1. The molecule has 0 saturated heterocycles. The molecule has 3 N–H and O–H groups in total. The van der Waals surface area contributed by atoms with Crippen molar-refractivity contribution in [3.63, 3.8) is 0 Å². The quantitative estimate of drug-likeness (QED) is 0.367. The van der Waals surface area contributed by atoms with Gasteiger partial charge in [-0.1, -0.05) is 0 Å². The Bertz CT molecular complexity index is 1180. The van der Waals surface area contributed by atoms with E-state index >= 15 is 0 Å². The molecule has 162 valence electrons. The highest BCUT2D eigenvalue weighted by Crippen LogP contribution is 2.19. The minimum atomic E-state index is -3.76. The summed E-state index contributed by atoms with van der Waals surface area (Å²) in [6.07, 6.45) is 1.57. The van der Waals surface area contributed by atoms with Gasteiger partial charge in [-0.3, -0.25) is 9.52 Å². The first-order chi connectivity index (χ1) is 14.8. The van der Waals surface area contributed by atoms with Crippen molar-refractivity contribution in [3.05, 3.63) is 77.1 Å². The first-order valence-corrected chi connectivity index (χ1v) is 11.1. The van der Waals surface area contributed by atoms with Gasteiger partial charge in [-0.15, -0.1) is 0 Å². The maximum atomic E-state index is 12.5. The standard InChI is InChI=1S/C22H24N4O4S/c1-4-30-20-9-11-21(12-10-20)31(28,29)26-19-7-5-17(6-8-19)22(27)25-23-14-18-13-15(2)24-16(18)3/h5-14,24,26H,4H2,1-3H3,(H,25,27)/b23-14+. The highest BCUT2D eigenvalue weighted by Gasteiger charge is 2.14. The van der Waals surface area contributed by atoms with Crippen LogP contribution in [0, 0.1) is 13.8 Å². The second-order valence-electron chi connectivity index (χ2n) is 6.82. The Kier molecular flexibility index (Phi) is 6.76. The van der Waals surface area contributed by atoms with E-state index in [1.54, 1.807) is 18.3 Å². The molecule has 0 atom stereocenters. The summed E-state index contributed by atoms with van der Waals surface area (Å²) in [4.78, 5) is 15.5. The van der Waals surface area contributed by atoms with E-state index in [9.17, 15) is 13.2 Å². The summed E-state index contributed by atoms with van der Waals surface area (Å²) in [7, 11) is -3.76. The van der Waals surface area contributed by atoms with Gasteiger partial charge in [0.2, 0.25) is 0 Å². The lowest BCUT2D eigenvalue weighted by atomic mass is 10.2.